The molecule has 0 unspecified atom stereocenters. The standard InChI is InChI=1S/C50H43Br5N4O9/c1-63-47-37(53)19-33-21-41(59-66-28-30-11-7-4-8-12-30)50(62)57-26-42(60)34-24-38(54)46(39(55)25-34)68-45-22-32(18-36(52)48(45)64-2)15-16-56-49(61)40(58-65-27-29-9-5-3-6-10-29)20-31-13-14-43(35(51)17-31)67-44(47)23-33/h3-14,17-19,22-25,42,60H,15-16,20-21,26-28H2,1-2H3,(H,56,61)(H,57,62)/b58-40+,59-41+/t42-/m1/s1. The molecule has 4 aliphatic rings. The first-order valence-corrected chi connectivity index (χ1v) is 24.9. The van der Waals surface area contributed by atoms with Gasteiger partial charge in [0.2, 0.25) is 0 Å². The Morgan fingerprint density at radius 3 is 1.68 bits per heavy atom. The number of aliphatic hydroxyl groups excluding tert-OH is 1. The fourth-order valence-electron chi connectivity index (χ4n) is 6.92. The van der Waals surface area contributed by atoms with Crippen LogP contribution >= 0.6 is 79.6 Å². The van der Waals surface area contributed by atoms with Crippen LogP contribution in [0.15, 0.2) is 148 Å². The number of nitrogens with zero attached hydrogens (tertiary/aromatic N) is 2. The third-order valence-corrected chi connectivity index (χ3v) is 13.3. The van der Waals surface area contributed by atoms with E-state index in [4.69, 9.17) is 28.6 Å². The zero-order chi connectivity index (χ0) is 48.2. The van der Waals surface area contributed by atoms with Crippen LogP contribution in [0.2, 0.25) is 0 Å². The highest BCUT2D eigenvalue weighted by molar-refractivity contribution is 9.11. The van der Waals surface area contributed by atoms with E-state index in [2.05, 4.69) is 101 Å². The zero-order valence-electron chi connectivity index (χ0n) is 36.5. The van der Waals surface area contributed by atoms with Crippen molar-refractivity contribution >= 4 is 103 Å². The van der Waals surface area contributed by atoms with Gasteiger partial charge in [0.05, 0.1) is 42.7 Å². The summed E-state index contributed by atoms with van der Waals surface area (Å²) in [4.78, 5) is 39.3. The molecule has 10 rings (SSSR count). The van der Waals surface area contributed by atoms with E-state index in [0.717, 1.165) is 22.3 Å². The van der Waals surface area contributed by atoms with Crippen molar-refractivity contribution in [3.8, 4) is 34.5 Å². The highest BCUT2D eigenvalue weighted by atomic mass is 79.9. The second kappa shape index (κ2) is 24.4. The number of oxime groups is 2. The fourth-order valence-corrected chi connectivity index (χ4v) is 10.1. The second-order valence-corrected chi connectivity index (χ2v) is 19.5. The molecule has 3 N–H and O–H groups in total. The van der Waals surface area contributed by atoms with Gasteiger partial charge in [-0.1, -0.05) is 77.0 Å². The molecule has 13 nitrogen and oxygen atoms in total. The maximum atomic E-state index is 14.0. The highest BCUT2D eigenvalue weighted by Gasteiger charge is 2.23. The van der Waals surface area contributed by atoms with Gasteiger partial charge in [-0.15, -0.1) is 0 Å². The molecule has 0 fully saturated rings. The molecule has 6 aromatic rings. The van der Waals surface area contributed by atoms with E-state index >= 15 is 0 Å². The third-order valence-electron chi connectivity index (χ3n) is 10.3. The van der Waals surface area contributed by atoms with Crippen molar-refractivity contribution in [3.05, 3.63) is 171 Å². The number of ether oxygens (including phenoxy) is 4. The van der Waals surface area contributed by atoms with Gasteiger partial charge < -0.3 is 44.4 Å². The van der Waals surface area contributed by atoms with Crippen LogP contribution in [-0.2, 0) is 51.7 Å². The minimum absolute atomic E-state index is 0.0101. The van der Waals surface area contributed by atoms with Crippen molar-refractivity contribution in [3.63, 3.8) is 0 Å². The van der Waals surface area contributed by atoms with Gasteiger partial charge in [-0.3, -0.25) is 9.59 Å². The molecule has 68 heavy (non-hydrogen) atoms. The summed E-state index contributed by atoms with van der Waals surface area (Å²) in [6.07, 6.45) is -0.573. The predicted octanol–water partition coefficient (Wildman–Crippen LogP) is 11.9. The molecule has 0 aliphatic carbocycles. The molecular formula is C50H43Br5N4O9. The minimum atomic E-state index is -1.14. The summed E-state index contributed by atoms with van der Waals surface area (Å²) in [5.41, 5.74) is 4.64. The Morgan fingerprint density at radius 1 is 0.588 bits per heavy atom. The van der Waals surface area contributed by atoms with Crippen molar-refractivity contribution in [1.29, 1.82) is 0 Å². The molecule has 6 aromatic carbocycles. The summed E-state index contributed by atoms with van der Waals surface area (Å²) in [5.74, 6) is 1.47. The maximum Gasteiger partial charge on any atom is 0.269 e. The number of methoxy groups -OCH3 is 2. The van der Waals surface area contributed by atoms with Gasteiger partial charge >= 0.3 is 0 Å². The minimum Gasteiger partial charge on any atom is -0.492 e. The number of halogens is 5. The summed E-state index contributed by atoms with van der Waals surface area (Å²) in [7, 11) is 3.06. The van der Waals surface area contributed by atoms with Gasteiger partial charge in [-0.05, 0) is 168 Å². The van der Waals surface area contributed by atoms with Crippen molar-refractivity contribution in [2.75, 3.05) is 27.3 Å². The number of carbonyl (C=O) groups is 2. The number of hydrogen-bond donors (Lipinski definition) is 3. The van der Waals surface area contributed by atoms with Gasteiger partial charge in [0.1, 0.15) is 30.4 Å². The van der Waals surface area contributed by atoms with Crippen LogP contribution in [0, 0.1) is 0 Å². The number of amides is 2. The zero-order valence-corrected chi connectivity index (χ0v) is 44.4. The first kappa shape index (κ1) is 50.6. The Labute approximate surface area is 435 Å². The molecule has 4 aliphatic heterocycles. The van der Waals surface area contributed by atoms with E-state index in [0.29, 0.717) is 74.4 Å². The van der Waals surface area contributed by atoms with E-state index in [-0.39, 0.29) is 50.6 Å². The summed E-state index contributed by atoms with van der Waals surface area (Å²) < 4.78 is 27.2. The number of carbonyl (C=O) groups excluding carboxylic acids is 2. The lowest BCUT2D eigenvalue weighted by atomic mass is 10.1. The normalized spacial score (nSPS) is 15.9. The summed E-state index contributed by atoms with van der Waals surface area (Å²) in [5, 5.41) is 25.9. The van der Waals surface area contributed by atoms with Gasteiger partial charge in [0.15, 0.2) is 28.7 Å². The topological polar surface area (TPSA) is 159 Å². The molecule has 0 spiro atoms. The fraction of sp³-hybridized carbons (Fsp3) is 0.200. The molecule has 18 heteroatoms. The maximum absolute atomic E-state index is 14.0. The van der Waals surface area contributed by atoms with E-state index in [9.17, 15) is 14.7 Å². The highest BCUT2D eigenvalue weighted by Crippen LogP contribution is 2.45. The Hall–Kier alpha value is -5.24. The quantitative estimate of drug-likeness (QED) is 0.126. The number of aliphatic hydroxyl groups is 1. The molecule has 0 saturated heterocycles. The van der Waals surface area contributed by atoms with Crippen LogP contribution in [0.1, 0.15) is 39.5 Å². The Balaban J connectivity index is 1.25. The largest absolute Gasteiger partial charge is 0.492 e. The van der Waals surface area contributed by atoms with E-state index in [1.807, 2.05) is 84.9 Å². The summed E-state index contributed by atoms with van der Waals surface area (Å²) >= 11 is 18.1. The third kappa shape index (κ3) is 13.5. The lowest BCUT2D eigenvalue weighted by Gasteiger charge is -2.19. The molecule has 4 heterocycles. The monoisotopic (exact) mass is 1240 g/mol. The molecule has 352 valence electrons. The molecule has 1 atom stereocenters. The van der Waals surface area contributed by atoms with Crippen LogP contribution in [0.3, 0.4) is 0 Å². The molecule has 2 amide bonds. The summed E-state index contributed by atoms with van der Waals surface area (Å²) in [6, 6.07) is 35.1. The van der Waals surface area contributed by atoms with Crippen molar-refractivity contribution in [2.24, 2.45) is 10.3 Å². The van der Waals surface area contributed by atoms with E-state index in [1.165, 1.54) is 14.2 Å². The van der Waals surface area contributed by atoms with E-state index in [1.54, 1.807) is 30.3 Å². The smallest absolute Gasteiger partial charge is 0.269 e. The molecule has 8 bridgehead atoms. The van der Waals surface area contributed by atoms with Gasteiger partial charge in [0, 0.05) is 25.9 Å². The average Bonchev–Trinajstić information content (AvgIpc) is 3.32. The van der Waals surface area contributed by atoms with Crippen molar-refractivity contribution in [2.45, 2.75) is 38.6 Å². The average molecular weight is 1240 g/mol. The molecule has 0 saturated carbocycles. The molecular weight excluding hydrogens is 1200 g/mol. The van der Waals surface area contributed by atoms with Crippen LogP contribution in [0.5, 0.6) is 34.5 Å². The van der Waals surface area contributed by atoms with Crippen LogP contribution in [0.4, 0.5) is 0 Å². The van der Waals surface area contributed by atoms with Gasteiger partial charge in [0.25, 0.3) is 11.8 Å². The second-order valence-electron chi connectivity index (χ2n) is 15.2. The van der Waals surface area contributed by atoms with Crippen molar-refractivity contribution < 1.29 is 43.3 Å². The number of rotatable bonds is 8. The van der Waals surface area contributed by atoms with Gasteiger partial charge in [-0.25, -0.2) is 0 Å². The van der Waals surface area contributed by atoms with Crippen LogP contribution in [-0.4, -0.2) is 55.7 Å². The molecule has 0 radical (unpaired) electrons. The number of nitrogens with one attached hydrogen (secondary N) is 2. The van der Waals surface area contributed by atoms with Crippen molar-refractivity contribution in [1.82, 2.24) is 10.6 Å². The number of hydrogen-bond acceptors (Lipinski definition) is 11. The van der Waals surface area contributed by atoms with Crippen LogP contribution in [0.25, 0.3) is 0 Å². The lowest BCUT2D eigenvalue weighted by molar-refractivity contribution is -0.116. The Bertz CT molecular complexity index is 2810. The van der Waals surface area contributed by atoms with E-state index < -0.39 is 17.9 Å². The lowest BCUT2D eigenvalue weighted by Crippen LogP contribution is -2.35. The van der Waals surface area contributed by atoms with Gasteiger partial charge in [-0.2, -0.15) is 0 Å². The van der Waals surface area contributed by atoms with Crippen LogP contribution < -0.4 is 29.6 Å². The molecule has 0 aromatic heterocycles. The Morgan fingerprint density at radius 2 is 1.10 bits per heavy atom. The Kier molecular flexibility index (Phi) is 18.1. The summed E-state index contributed by atoms with van der Waals surface area (Å²) in [6.45, 7) is 0.384. The predicted molar refractivity (Wildman–Crippen MR) is 277 cm³/mol. The first-order chi connectivity index (χ1) is 32.9. The number of benzene rings is 6. The SMILES string of the molecule is COc1c(Br)cc2cc1Oc1ccc(cc1Br)C/C(=N\OCc1ccccc1)C(=O)NCCc1cc(Br)c(OC)c(c1)Oc1c(Br)cc(cc1Br)[C@H](O)CNC(=O)/C(=N/OCc1ccccc1)C2. The first-order valence-electron chi connectivity index (χ1n) is 20.9.